The molecule has 0 aromatic heterocycles. The number of halogens is 1. The molecule has 1 aromatic carbocycles. The Morgan fingerprint density at radius 2 is 2.44 bits per heavy atom. The Morgan fingerprint density at radius 3 is 3.00 bits per heavy atom. The summed E-state index contributed by atoms with van der Waals surface area (Å²) in [6.45, 7) is 1.34. The van der Waals surface area contributed by atoms with Crippen LogP contribution in [0.1, 0.15) is 18.6 Å². The molecule has 0 aliphatic heterocycles. The molecular formula is C11H10ClNO2S. The van der Waals surface area contributed by atoms with Crippen molar-refractivity contribution in [3.63, 3.8) is 0 Å². The van der Waals surface area contributed by atoms with Gasteiger partial charge in [-0.1, -0.05) is 23.7 Å². The molecule has 3 nitrogen and oxygen atoms in total. The Kier molecular flexibility index (Phi) is 5.17. The van der Waals surface area contributed by atoms with E-state index in [9.17, 15) is 4.79 Å². The van der Waals surface area contributed by atoms with Gasteiger partial charge in [0.05, 0.1) is 0 Å². The Morgan fingerprint density at radius 1 is 1.69 bits per heavy atom. The van der Waals surface area contributed by atoms with E-state index in [4.69, 9.17) is 21.6 Å². The highest BCUT2D eigenvalue weighted by atomic mass is 35.5. The smallest absolute Gasteiger partial charge is 0.303 e. The van der Waals surface area contributed by atoms with Gasteiger partial charge in [0.25, 0.3) is 0 Å². The van der Waals surface area contributed by atoms with Crippen molar-refractivity contribution in [3.8, 4) is 5.40 Å². The largest absolute Gasteiger partial charge is 0.457 e. The van der Waals surface area contributed by atoms with Gasteiger partial charge in [-0.2, -0.15) is 5.26 Å². The fourth-order valence-corrected chi connectivity index (χ4v) is 1.90. The lowest BCUT2D eigenvalue weighted by molar-refractivity contribution is -0.145. The first-order valence-electron chi connectivity index (χ1n) is 4.57. The number of ether oxygens (including phenoxy) is 1. The van der Waals surface area contributed by atoms with Crippen LogP contribution in [0.4, 0.5) is 0 Å². The van der Waals surface area contributed by atoms with E-state index in [1.165, 1.54) is 6.92 Å². The number of thioether (sulfide) groups is 1. The average Bonchev–Trinajstić information content (AvgIpc) is 2.23. The van der Waals surface area contributed by atoms with Crippen molar-refractivity contribution < 1.29 is 9.53 Å². The van der Waals surface area contributed by atoms with Crippen LogP contribution in [-0.2, 0) is 9.53 Å². The van der Waals surface area contributed by atoms with Gasteiger partial charge in [0.15, 0.2) is 0 Å². The second-order valence-corrected chi connectivity index (χ2v) is 4.30. The second-order valence-electron chi connectivity index (χ2n) is 3.06. The summed E-state index contributed by atoms with van der Waals surface area (Å²) in [5, 5.41) is 11.0. The molecular weight excluding hydrogens is 246 g/mol. The Hall–Kier alpha value is -1.18. The molecule has 0 spiro atoms. The molecule has 0 saturated heterocycles. The first-order valence-corrected chi connectivity index (χ1v) is 5.93. The average molecular weight is 256 g/mol. The van der Waals surface area contributed by atoms with Crippen LogP contribution >= 0.6 is 23.4 Å². The van der Waals surface area contributed by atoms with Gasteiger partial charge in [0.1, 0.15) is 11.5 Å². The molecule has 0 aliphatic rings. The molecule has 0 heterocycles. The molecule has 0 saturated carbocycles. The van der Waals surface area contributed by atoms with Crippen LogP contribution in [0.15, 0.2) is 24.3 Å². The normalized spacial score (nSPS) is 11.6. The van der Waals surface area contributed by atoms with Crippen molar-refractivity contribution in [1.29, 1.82) is 5.26 Å². The van der Waals surface area contributed by atoms with Crippen molar-refractivity contribution in [2.75, 3.05) is 5.75 Å². The first-order chi connectivity index (χ1) is 7.63. The molecule has 0 amide bonds. The van der Waals surface area contributed by atoms with Gasteiger partial charge in [0, 0.05) is 17.7 Å². The third kappa shape index (κ3) is 4.13. The topological polar surface area (TPSA) is 50.1 Å². The quantitative estimate of drug-likeness (QED) is 0.613. The molecule has 0 bridgehead atoms. The molecule has 0 radical (unpaired) electrons. The Labute approximate surface area is 103 Å². The van der Waals surface area contributed by atoms with Crippen LogP contribution in [0.5, 0.6) is 0 Å². The third-order valence-corrected chi connectivity index (χ3v) is 2.66. The predicted molar refractivity (Wildman–Crippen MR) is 64.0 cm³/mol. The lowest BCUT2D eigenvalue weighted by atomic mass is 10.1. The predicted octanol–water partition coefficient (Wildman–Crippen LogP) is 3.16. The van der Waals surface area contributed by atoms with Crippen molar-refractivity contribution >= 4 is 29.3 Å². The molecule has 0 aliphatic carbocycles. The fourth-order valence-electron chi connectivity index (χ4n) is 1.22. The van der Waals surface area contributed by atoms with E-state index in [-0.39, 0.29) is 5.97 Å². The number of nitrogens with zero attached hydrogens (tertiary/aromatic N) is 1. The van der Waals surface area contributed by atoms with Crippen molar-refractivity contribution in [2.45, 2.75) is 13.0 Å². The summed E-state index contributed by atoms with van der Waals surface area (Å²) in [6, 6.07) is 7.07. The molecule has 1 atom stereocenters. The number of nitriles is 1. The lowest BCUT2D eigenvalue weighted by Crippen LogP contribution is -2.10. The second kappa shape index (κ2) is 6.41. The zero-order chi connectivity index (χ0) is 12.0. The molecule has 1 unspecified atom stereocenters. The van der Waals surface area contributed by atoms with Gasteiger partial charge in [-0.25, -0.2) is 0 Å². The summed E-state index contributed by atoms with van der Waals surface area (Å²) in [4.78, 5) is 10.9. The number of benzene rings is 1. The lowest BCUT2D eigenvalue weighted by Gasteiger charge is -2.15. The van der Waals surface area contributed by atoms with E-state index in [2.05, 4.69) is 0 Å². The maximum atomic E-state index is 10.9. The summed E-state index contributed by atoms with van der Waals surface area (Å²) in [6.07, 6.45) is -0.430. The molecule has 1 rings (SSSR count). The highest BCUT2D eigenvalue weighted by molar-refractivity contribution is 8.03. The summed E-state index contributed by atoms with van der Waals surface area (Å²) in [5.74, 6) is 0.0275. The third-order valence-electron chi connectivity index (χ3n) is 1.83. The number of hydrogen-bond acceptors (Lipinski definition) is 4. The van der Waals surface area contributed by atoms with Gasteiger partial charge in [-0.3, -0.25) is 4.79 Å². The molecule has 0 fully saturated rings. The van der Waals surface area contributed by atoms with E-state index < -0.39 is 6.10 Å². The van der Waals surface area contributed by atoms with Gasteiger partial charge in [-0.15, -0.1) is 0 Å². The van der Waals surface area contributed by atoms with Crippen LogP contribution < -0.4 is 0 Å². The van der Waals surface area contributed by atoms with Crippen molar-refractivity contribution in [3.05, 3.63) is 34.9 Å². The van der Waals surface area contributed by atoms with E-state index in [0.717, 1.165) is 17.3 Å². The Balaban J connectivity index is 2.83. The summed E-state index contributed by atoms with van der Waals surface area (Å²) in [7, 11) is 0. The van der Waals surface area contributed by atoms with Gasteiger partial charge < -0.3 is 4.74 Å². The number of esters is 1. The first kappa shape index (κ1) is 12.9. The number of hydrogen-bond donors (Lipinski definition) is 0. The highest BCUT2D eigenvalue weighted by Crippen LogP contribution is 2.24. The summed E-state index contributed by atoms with van der Waals surface area (Å²) < 4.78 is 5.12. The SMILES string of the molecule is CC(=O)OC(CSC#N)c1cccc(Cl)c1. The fraction of sp³-hybridized carbons (Fsp3) is 0.273. The molecule has 16 heavy (non-hydrogen) atoms. The minimum atomic E-state index is -0.430. The number of thiocyanates is 1. The van der Waals surface area contributed by atoms with Gasteiger partial charge in [-0.05, 0) is 29.5 Å². The molecule has 84 valence electrons. The summed E-state index contributed by atoms with van der Waals surface area (Å²) >= 11 is 6.89. The zero-order valence-corrected chi connectivity index (χ0v) is 10.2. The van der Waals surface area contributed by atoms with Gasteiger partial charge >= 0.3 is 5.97 Å². The number of rotatable bonds is 4. The molecule has 0 N–H and O–H groups in total. The number of carbonyl (C=O) groups is 1. The van der Waals surface area contributed by atoms with Crippen molar-refractivity contribution in [1.82, 2.24) is 0 Å². The maximum Gasteiger partial charge on any atom is 0.303 e. The van der Waals surface area contributed by atoms with Crippen LogP contribution in [0.3, 0.4) is 0 Å². The minimum absolute atomic E-state index is 0.372. The van der Waals surface area contributed by atoms with Crippen molar-refractivity contribution in [2.24, 2.45) is 0 Å². The summed E-state index contributed by atoms with van der Waals surface area (Å²) in [5.41, 5.74) is 0.797. The molecule has 5 heteroatoms. The van der Waals surface area contributed by atoms with Crippen LogP contribution in [0.2, 0.25) is 5.02 Å². The van der Waals surface area contributed by atoms with Crippen LogP contribution in [-0.4, -0.2) is 11.7 Å². The van der Waals surface area contributed by atoms with E-state index in [1.54, 1.807) is 18.2 Å². The van der Waals surface area contributed by atoms with Gasteiger partial charge in [0.2, 0.25) is 0 Å². The van der Waals surface area contributed by atoms with Crippen LogP contribution in [0, 0.1) is 10.7 Å². The number of carbonyl (C=O) groups excluding carboxylic acids is 1. The standard InChI is InChI=1S/C11H10ClNO2S/c1-8(14)15-11(6-16-7-13)9-3-2-4-10(12)5-9/h2-5,11H,6H2,1H3. The monoisotopic (exact) mass is 255 g/mol. The van der Waals surface area contributed by atoms with E-state index in [0.29, 0.717) is 10.8 Å². The zero-order valence-electron chi connectivity index (χ0n) is 8.64. The maximum absolute atomic E-state index is 10.9. The molecule has 1 aromatic rings. The van der Waals surface area contributed by atoms with Crippen LogP contribution in [0.25, 0.3) is 0 Å². The van der Waals surface area contributed by atoms with E-state index >= 15 is 0 Å². The highest BCUT2D eigenvalue weighted by Gasteiger charge is 2.15. The Bertz CT molecular complexity index is 417. The van der Waals surface area contributed by atoms with E-state index in [1.807, 2.05) is 11.5 Å². The minimum Gasteiger partial charge on any atom is -0.457 e.